The van der Waals surface area contributed by atoms with Gasteiger partial charge >= 0.3 is 5.69 Å². The summed E-state index contributed by atoms with van der Waals surface area (Å²) in [5.74, 6) is 1.41. The molecule has 2 atom stereocenters. The third-order valence-electron chi connectivity index (χ3n) is 6.28. The predicted octanol–water partition coefficient (Wildman–Crippen LogP) is 3.14. The lowest BCUT2D eigenvalue weighted by Crippen LogP contribution is -2.24. The number of rotatable bonds is 5. The van der Waals surface area contributed by atoms with Gasteiger partial charge in [-0.05, 0) is 42.5 Å². The molecule has 1 aliphatic heterocycles. The molecule has 0 bridgehead atoms. The Morgan fingerprint density at radius 2 is 1.86 bits per heavy atom. The largest absolute Gasteiger partial charge is 0.511 e. The first-order valence-corrected chi connectivity index (χ1v) is 12.1. The van der Waals surface area contributed by atoms with Crippen molar-refractivity contribution in [1.29, 1.82) is 0 Å². The minimum Gasteiger partial charge on any atom is -0.511 e. The Labute approximate surface area is 203 Å². The molecule has 0 spiro atoms. The molecule has 0 saturated carbocycles. The van der Waals surface area contributed by atoms with Gasteiger partial charge in [-0.2, -0.15) is 4.98 Å². The number of thiophene rings is 1. The molecule has 2 aromatic carbocycles. The molecule has 176 valence electrons. The zero-order chi connectivity index (χ0) is 23.9. The number of hydrogen-bond acceptors (Lipinski definition) is 8. The maximum atomic E-state index is 13.2. The van der Waals surface area contributed by atoms with Gasteiger partial charge in [-0.25, -0.2) is 9.78 Å². The van der Waals surface area contributed by atoms with Gasteiger partial charge in [0.05, 0.1) is 27.2 Å². The van der Waals surface area contributed by atoms with Crippen LogP contribution in [0.25, 0.3) is 32.7 Å². The van der Waals surface area contributed by atoms with E-state index in [0.717, 1.165) is 11.1 Å². The summed E-state index contributed by atoms with van der Waals surface area (Å²) in [5.41, 5.74) is 1.31. The van der Waals surface area contributed by atoms with Crippen molar-refractivity contribution in [3.8, 4) is 17.2 Å². The second-order valence-corrected chi connectivity index (χ2v) is 9.56. The fourth-order valence-corrected chi connectivity index (χ4v) is 5.59. The summed E-state index contributed by atoms with van der Waals surface area (Å²) in [6, 6.07) is 18.5. The molecule has 0 unspecified atom stereocenters. The number of nitrogens with zero attached hydrogens (tertiary/aromatic N) is 3. The van der Waals surface area contributed by atoms with E-state index in [4.69, 9.17) is 4.74 Å². The molecule has 1 aliphatic rings. The molecule has 3 aromatic heterocycles. The molecule has 35 heavy (non-hydrogen) atoms. The van der Waals surface area contributed by atoms with Crippen LogP contribution in [0.5, 0.6) is 11.5 Å². The molecule has 6 rings (SSSR count). The van der Waals surface area contributed by atoms with E-state index < -0.39 is 11.8 Å². The fourth-order valence-electron chi connectivity index (χ4n) is 4.53. The van der Waals surface area contributed by atoms with Crippen LogP contribution in [0.4, 0.5) is 0 Å². The van der Waals surface area contributed by atoms with Crippen molar-refractivity contribution in [3.63, 3.8) is 0 Å². The monoisotopic (exact) mass is 486 g/mol. The number of hydrogen-bond donors (Lipinski definition) is 3. The van der Waals surface area contributed by atoms with Crippen molar-refractivity contribution < 1.29 is 14.9 Å². The molecule has 9 heteroatoms. The van der Waals surface area contributed by atoms with Gasteiger partial charge in [0.2, 0.25) is 0 Å². The SMILES string of the molecule is O=c1nc2c(=C(O)C[C@H]3CNC[C@@H]3O)sc3nccc(c32)n1-c1ccc(Oc2ccccc2)cc1. The summed E-state index contributed by atoms with van der Waals surface area (Å²) < 4.78 is 7.93. The fraction of sp³-hybridized carbons (Fsp3) is 0.192. The number of aromatic nitrogens is 3. The lowest BCUT2D eigenvalue weighted by Gasteiger charge is -2.12. The van der Waals surface area contributed by atoms with Crippen LogP contribution in [0.3, 0.4) is 0 Å². The molecular formula is C26H22N4O4S. The van der Waals surface area contributed by atoms with Gasteiger partial charge in [0.25, 0.3) is 0 Å². The highest BCUT2D eigenvalue weighted by molar-refractivity contribution is 7.17. The van der Waals surface area contributed by atoms with E-state index in [1.165, 1.54) is 11.3 Å². The minimum atomic E-state index is -0.514. The van der Waals surface area contributed by atoms with Crippen LogP contribution >= 0.6 is 11.3 Å². The van der Waals surface area contributed by atoms with E-state index in [1.54, 1.807) is 16.8 Å². The van der Waals surface area contributed by atoms with Crippen molar-refractivity contribution in [2.24, 2.45) is 5.92 Å². The van der Waals surface area contributed by atoms with Crippen LogP contribution in [-0.2, 0) is 0 Å². The molecule has 0 aliphatic carbocycles. The standard InChI is InChI=1S/C26H22N4O4S/c31-20(12-15-13-27-14-21(15)32)24-23-22-19(10-11-28-25(22)35-24)30(26(33)29-23)16-6-8-18(9-7-16)34-17-4-2-1-3-5-17/h1-11,15,21,27,31-32H,12-14H2/t15-,21-/m0/s1. The quantitative estimate of drug-likeness (QED) is 0.350. The molecule has 4 heterocycles. The maximum Gasteiger partial charge on any atom is 0.353 e. The molecule has 1 saturated heterocycles. The summed E-state index contributed by atoms with van der Waals surface area (Å²) in [5, 5.41) is 24.9. The van der Waals surface area contributed by atoms with Crippen molar-refractivity contribution in [2.45, 2.75) is 12.5 Å². The Bertz CT molecular complexity index is 1630. The number of ether oxygens (including phenoxy) is 1. The average Bonchev–Trinajstić information content (AvgIpc) is 3.44. The van der Waals surface area contributed by atoms with E-state index >= 15 is 0 Å². The van der Waals surface area contributed by atoms with Crippen molar-refractivity contribution in [1.82, 2.24) is 19.9 Å². The number of benzene rings is 2. The summed E-state index contributed by atoms with van der Waals surface area (Å²) >= 11 is 1.31. The number of aliphatic hydroxyl groups excluding tert-OH is 2. The van der Waals surface area contributed by atoms with Gasteiger partial charge in [-0.1, -0.05) is 18.2 Å². The van der Waals surface area contributed by atoms with Crippen LogP contribution in [-0.4, -0.2) is 43.9 Å². The van der Waals surface area contributed by atoms with Gasteiger partial charge in [0.1, 0.15) is 27.6 Å². The topological polar surface area (TPSA) is 110 Å². The highest BCUT2D eigenvalue weighted by atomic mass is 32.1. The number of aliphatic hydroxyl groups is 2. The second kappa shape index (κ2) is 8.77. The summed E-state index contributed by atoms with van der Waals surface area (Å²) in [6.45, 7) is 1.14. The van der Waals surface area contributed by atoms with Gasteiger partial charge in [0, 0.05) is 31.6 Å². The average molecular weight is 487 g/mol. The van der Waals surface area contributed by atoms with E-state index in [1.807, 2.05) is 54.6 Å². The summed E-state index contributed by atoms with van der Waals surface area (Å²) in [4.78, 5) is 22.7. The Balaban J connectivity index is 1.43. The Hall–Kier alpha value is -3.79. The number of para-hydroxylation sites is 1. The molecule has 1 fully saturated rings. The Kier molecular flexibility index (Phi) is 5.44. The van der Waals surface area contributed by atoms with Gasteiger partial charge in [0.15, 0.2) is 0 Å². The summed E-state index contributed by atoms with van der Waals surface area (Å²) in [7, 11) is 0. The van der Waals surface area contributed by atoms with Crippen LogP contribution in [0.2, 0.25) is 0 Å². The van der Waals surface area contributed by atoms with E-state index in [-0.39, 0.29) is 11.7 Å². The second-order valence-electron chi connectivity index (χ2n) is 8.57. The first-order valence-electron chi connectivity index (χ1n) is 11.3. The van der Waals surface area contributed by atoms with E-state index in [0.29, 0.717) is 51.3 Å². The van der Waals surface area contributed by atoms with E-state index in [2.05, 4.69) is 15.3 Å². The molecular weight excluding hydrogens is 464 g/mol. The van der Waals surface area contributed by atoms with E-state index in [9.17, 15) is 15.0 Å². The Morgan fingerprint density at radius 1 is 1.09 bits per heavy atom. The lowest BCUT2D eigenvalue weighted by molar-refractivity contribution is 0.146. The van der Waals surface area contributed by atoms with Crippen LogP contribution in [0.1, 0.15) is 6.42 Å². The number of pyridine rings is 1. The predicted molar refractivity (Wildman–Crippen MR) is 135 cm³/mol. The van der Waals surface area contributed by atoms with Crippen molar-refractivity contribution >= 4 is 38.3 Å². The molecule has 0 radical (unpaired) electrons. The number of nitrogens with one attached hydrogen (secondary N) is 1. The van der Waals surface area contributed by atoms with Gasteiger partial charge in [-0.3, -0.25) is 4.57 Å². The maximum absolute atomic E-state index is 13.2. The minimum absolute atomic E-state index is 0.0905. The van der Waals surface area contributed by atoms with Gasteiger partial charge < -0.3 is 20.3 Å². The highest BCUT2D eigenvalue weighted by Gasteiger charge is 2.27. The molecule has 5 aromatic rings. The lowest BCUT2D eigenvalue weighted by atomic mass is 10.0. The summed E-state index contributed by atoms with van der Waals surface area (Å²) in [6.07, 6.45) is 1.45. The molecule has 3 N–H and O–H groups in total. The molecule has 0 amide bonds. The first-order chi connectivity index (χ1) is 17.1. The Morgan fingerprint density at radius 3 is 2.60 bits per heavy atom. The smallest absolute Gasteiger partial charge is 0.353 e. The third kappa shape index (κ3) is 3.93. The van der Waals surface area contributed by atoms with Crippen molar-refractivity contribution in [2.75, 3.05) is 13.1 Å². The van der Waals surface area contributed by atoms with Crippen molar-refractivity contribution in [3.05, 3.63) is 81.9 Å². The van der Waals surface area contributed by atoms with Crippen LogP contribution in [0, 0.1) is 5.92 Å². The number of β-amino-alcohol motifs (C(OH)–C–C–N with tert-alkyl or cyclic N) is 1. The zero-order valence-corrected chi connectivity index (χ0v) is 19.4. The molecule has 8 nitrogen and oxygen atoms in total. The third-order valence-corrected chi connectivity index (χ3v) is 7.42. The highest BCUT2D eigenvalue weighted by Crippen LogP contribution is 2.28. The van der Waals surface area contributed by atoms with Gasteiger partial charge in [-0.15, -0.1) is 11.3 Å². The normalized spacial score (nSPS) is 18.9. The zero-order valence-electron chi connectivity index (χ0n) is 18.6. The first kappa shape index (κ1) is 21.7. The van der Waals surface area contributed by atoms with Crippen LogP contribution < -0.4 is 20.3 Å². The van der Waals surface area contributed by atoms with Crippen LogP contribution in [0.15, 0.2) is 71.7 Å².